The molecule has 1 aromatic heterocycles. The Morgan fingerprint density at radius 3 is 2.24 bits per heavy atom. The van der Waals surface area contributed by atoms with Crippen molar-refractivity contribution in [3.63, 3.8) is 0 Å². The fraction of sp³-hybridized carbons (Fsp3) is 0.231. The van der Waals surface area contributed by atoms with E-state index >= 15 is 0 Å². The van der Waals surface area contributed by atoms with Gasteiger partial charge in [-0.3, -0.25) is 10.1 Å². The molecular formula is C26H28N3O4S+. The maximum atomic E-state index is 11.4. The van der Waals surface area contributed by atoms with E-state index in [1.807, 2.05) is 36.7 Å². The molecule has 2 N–H and O–H groups in total. The second-order valence-electron chi connectivity index (χ2n) is 8.88. The fourth-order valence-corrected chi connectivity index (χ4v) is 3.70. The van der Waals surface area contributed by atoms with E-state index < -0.39 is 4.92 Å². The number of anilines is 1. The SMILES string of the molecule is COc1ccc(NC(=S)/C(=C(\O)c2ccc(C)c([N+](=O)[O-])c2)[n+]2ccc(C(C)(C)C)cc2)cc1. The number of ether oxygens (including phenoxy) is 1. The van der Waals surface area contributed by atoms with Crippen molar-refractivity contribution in [2.75, 3.05) is 12.4 Å². The maximum absolute atomic E-state index is 11.4. The molecule has 0 unspecified atom stereocenters. The van der Waals surface area contributed by atoms with Crippen molar-refractivity contribution in [2.24, 2.45) is 0 Å². The van der Waals surface area contributed by atoms with Crippen molar-refractivity contribution < 1.29 is 19.3 Å². The molecule has 0 fully saturated rings. The van der Waals surface area contributed by atoms with Crippen molar-refractivity contribution >= 4 is 40.0 Å². The zero-order valence-corrected chi connectivity index (χ0v) is 20.6. The monoisotopic (exact) mass is 478 g/mol. The first-order valence-corrected chi connectivity index (χ1v) is 11.1. The number of hydrogen-bond acceptors (Lipinski definition) is 5. The summed E-state index contributed by atoms with van der Waals surface area (Å²) in [6.07, 6.45) is 3.63. The van der Waals surface area contributed by atoms with Crippen LogP contribution < -0.4 is 14.6 Å². The Balaban J connectivity index is 2.11. The summed E-state index contributed by atoms with van der Waals surface area (Å²) in [6.45, 7) is 7.99. The lowest BCUT2D eigenvalue weighted by Gasteiger charge is -2.18. The molecule has 8 heteroatoms. The minimum absolute atomic E-state index is 0.0512. The summed E-state index contributed by atoms with van der Waals surface area (Å²) in [5.74, 6) is 0.525. The predicted molar refractivity (Wildman–Crippen MR) is 138 cm³/mol. The minimum Gasteiger partial charge on any atom is -0.502 e. The maximum Gasteiger partial charge on any atom is 0.288 e. The number of benzene rings is 2. The quantitative estimate of drug-likeness (QED) is 0.116. The van der Waals surface area contributed by atoms with E-state index in [0.717, 1.165) is 5.56 Å². The molecule has 0 spiro atoms. The van der Waals surface area contributed by atoms with Crippen LogP contribution in [0.25, 0.3) is 11.5 Å². The summed E-state index contributed by atoms with van der Waals surface area (Å²) < 4.78 is 6.90. The van der Waals surface area contributed by atoms with Gasteiger partial charge in [0, 0.05) is 35.0 Å². The Kier molecular flexibility index (Phi) is 7.32. The van der Waals surface area contributed by atoms with Gasteiger partial charge in [-0.25, -0.2) is 0 Å². The molecule has 0 bridgehead atoms. The lowest BCUT2D eigenvalue weighted by atomic mass is 9.88. The zero-order chi connectivity index (χ0) is 25.0. The smallest absolute Gasteiger partial charge is 0.288 e. The largest absolute Gasteiger partial charge is 0.502 e. The Morgan fingerprint density at radius 1 is 1.09 bits per heavy atom. The van der Waals surface area contributed by atoms with E-state index in [4.69, 9.17) is 17.0 Å². The Labute approximate surface area is 204 Å². The van der Waals surface area contributed by atoms with Crippen LogP contribution in [-0.2, 0) is 5.41 Å². The molecule has 176 valence electrons. The normalized spacial score (nSPS) is 12.0. The molecule has 0 aliphatic rings. The topological polar surface area (TPSA) is 88.5 Å². The van der Waals surface area contributed by atoms with Crippen LogP contribution in [0, 0.1) is 17.0 Å². The van der Waals surface area contributed by atoms with Gasteiger partial charge in [0.1, 0.15) is 5.75 Å². The Hall–Kier alpha value is -3.78. The molecule has 3 rings (SSSR count). The number of aromatic nitrogens is 1. The molecule has 0 aliphatic carbocycles. The number of nitrogens with one attached hydrogen (secondary N) is 1. The average Bonchev–Trinajstić information content (AvgIpc) is 2.79. The summed E-state index contributed by atoms with van der Waals surface area (Å²) in [5, 5.41) is 25.9. The fourth-order valence-electron chi connectivity index (χ4n) is 3.38. The number of aliphatic hydroxyl groups is 1. The van der Waals surface area contributed by atoms with Crippen LogP contribution in [0.2, 0.25) is 0 Å². The summed E-state index contributed by atoms with van der Waals surface area (Å²) in [5.41, 5.74) is 2.78. The lowest BCUT2D eigenvalue weighted by Crippen LogP contribution is -2.39. The van der Waals surface area contributed by atoms with Gasteiger partial charge in [0.15, 0.2) is 23.1 Å². The van der Waals surface area contributed by atoms with Crippen LogP contribution >= 0.6 is 12.2 Å². The second kappa shape index (κ2) is 10.0. The minimum atomic E-state index is -0.467. The van der Waals surface area contributed by atoms with Gasteiger partial charge in [-0.2, -0.15) is 4.57 Å². The zero-order valence-electron chi connectivity index (χ0n) is 19.8. The van der Waals surface area contributed by atoms with Gasteiger partial charge in [0.05, 0.1) is 12.0 Å². The number of hydrogen-bond donors (Lipinski definition) is 2. The molecule has 7 nitrogen and oxygen atoms in total. The van der Waals surface area contributed by atoms with Gasteiger partial charge in [-0.1, -0.05) is 45.1 Å². The van der Waals surface area contributed by atoms with Crippen LogP contribution in [0.3, 0.4) is 0 Å². The first-order chi connectivity index (χ1) is 16.0. The van der Waals surface area contributed by atoms with Crippen LogP contribution in [0.5, 0.6) is 5.75 Å². The number of thiocarbonyl (C=S) groups is 1. The van der Waals surface area contributed by atoms with Crippen LogP contribution in [0.15, 0.2) is 67.0 Å². The van der Waals surface area contributed by atoms with Crippen molar-refractivity contribution in [1.29, 1.82) is 0 Å². The summed E-state index contributed by atoms with van der Waals surface area (Å²) in [6, 6.07) is 15.7. The van der Waals surface area contributed by atoms with Crippen LogP contribution in [-0.4, -0.2) is 22.1 Å². The Morgan fingerprint density at radius 2 is 1.71 bits per heavy atom. The second-order valence-corrected chi connectivity index (χ2v) is 9.29. The molecule has 0 aliphatic heterocycles. The van der Waals surface area contributed by atoms with Gasteiger partial charge in [0.25, 0.3) is 11.4 Å². The molecule has 1 heterocycles. The number of pyridine rings is 1. The molecule has 0 amide bonds. The third-order valence-electron chi connectivity index (χ3n) is 5.42. The molecule has 0 radical (unpaired) electrons. The van der Waals surface area contributed by atoms with Gasteiger partial charge in [0.2, 0.25) is 0 Å². The third-order valence-corrected chi connectivity index (χ3v) is 5.72. The van der Waals surface area contributed by atoms with Crippen molar-refractivity contribution in [1.82, 2.24) is 0 Å². The van der Waals surface area contributed by atoms with E-state index in [1.54, 1.807) is 42.9 Å². The number of nitrogens with zero attached hydrogens (tertiary/aromatic N) is 2. The highest BCUT2D eigenvalue weighted by atomic mass is 32.1. The number of nitro groups is 1. The van der Waals surface area contributed by atoms with Crippen LogP contribution in [0.4, 0.5) is 11.4 Å². The standard InChI is InChI=1S/C26H27N3O4S/c1-17-6-7-18(16-22(17)29(31)32)24(30)23(28-14-12-19(13-15-28)26(2,3)4)25(34)27-20-8-10-21(33-5)11-9-20/h6-16H,1-5H3,(H-,27,30,34)/p+1. The number of nitro benzene ring substituents is 1. The van der Waals surface area contributed by atoms with Crippen molar-refractivity contribution in [3.8, 4) is 5.75 Å². The Bertz CT molecular complexity index is 1240. The summed E-state index contributed by atoms with van der Waals surface area (Å²) >= 11 is 5.68. The number of methoxy groups -OCH3 is 1. The van der Waals surface area contributed by atoms with Gasteiger partial charge >= 0.3 is 0 Å². The highest BCUT2D eigenvalue weighted by Crippen LogP contribution is 2.26. The van der Waals surface area contributed by atoms with E-state index in [2.05, 4.69) is 26.1 Å². The highest BCUT2D eigenvalue weighted by molar-refractivity contribution is 7.81. The third kappa shape index (κ3) is 5.58. The molecule has 2 aromatic carbocycles. The number of aliphatic hydroxyl groups excluding tert-OH is 1. The first kappa shape index (κ1) is 24.9. The van der Waals surface area contributed by atoms with E-state index in [1.165, 1.54) is 6.07 Å². The van der Waals surface area contributed by atoms with Gasteiger partial charge < -0.3 is 15.2 Å². The highest BCUT2D eigenvalue weighted by Gasteiger charge is 2.26. The lowest BCUT2D eigenvalue weighted by molar-refractivity contribution is -0.575. The van der Waals surface area contributed by atoms with E-state index in [9.17, 15) is 15.2 Å². The molecule has 34 heavy (non-hydrogen) atoms. The summed E-state index contributed by atoms with van der Waals surface area (Å²) in [7, 11) is 1.59. The van der Waals surface area contributed by atoms with Gasteiger partial charge in [-0.15, -0.1) is 0 Å². The van der Waals surface area contributed by atoms with Crippen molar-refractivity contribution in [3.05, 3.63) is 93.8 Å². The molecule has 0 atom stereocenters. The number of rotatable bonds is 6. The van der Waals surface area contributed by atoms with E-state index in [0.29, 0.717) is 28.3 Å². The van der Waals surface area contributed by atoms with Gasteiger partial charge in [-0.05, 0) is 42.2 Å². The summed E-state index contributed by atoms with van der Waals surface area (Å²) in [4.78, 5) is 11.2. The molecule has 0 saturated carbocycles. The first-order valence-electron chi connectivity index (χ1n) is 10.7. The molecular weight excluding hydrogens is 450 g/mol. The molecule has 3 aromatic rings. The van der Waals surface area contributed by atoms with Crippen molar-refractivity contribution in [2.45, 2.75) is 33.1 Å². The number of aryl methyl sites for hydroxylation is 1. The molecule has 0 saturated heterocycles. The van der Waals surface area contributed by atoms with E-state index in [-0.39, 0.29) is 21.9 Å². The van der Waals surface area contributed by atoms with Crippen LogP contribution in [0.1, 0.15) is 37.5 Å². The predicted octanol–water partition coefficient (Wildman–Crippen LogP) is 5.82. The average molecular weight is 479 g/mol.